The maximum absolute atomic E-state index is 6.62. The van der Waals surface area contributed by atoms with Crippen LogP contribution in [0.2, 0.25) is 3.48 Å². The van der Waals surface area contributed by atoms with Crippen molar-refractivity contribution in [1.82, 2.24) is 0 Å². The van der Waals surface area contributed by atoms with E-state index in [0.29, 0.717) is 5.92 Å². The average molecular weight is 476 g/mol. The van der Waals surface area contributed by atoms with E-state index in [2.05, 4.69) is 63.0 Å². The Morgan fingerprint density at radius 2 is 1.76 bits per heavy atom. The van der Waals surface area contributed by atoms with Gasteiger partial charge in [-0.2, -0.15) is 0 Å². The fourth-order valence-electron chi connectivity index (χ4n) is 4.98. The Morgan fingerprint density at radius 3 is 2.43 bits per heavy atom. The zero-order valence-electron chi connectivity index (χ0n) is 14.0. The summed E-state index contributed by atoms with van der Waals surface area (Å²) in [5.74, 6) is 4.84. The summed E-state index contributed by atoms with van der Waals surface area (Å²) in [6.45, 7) is 16.2. The van der Waals surface area contributed by atoms with Gasteiger partial charge in [0, 0.05) is 0 Å². The van der Waals surface area contributed by atoms with Gasteiger partial charge in [0.25, 0.3) is 0 Å². The van der Waals surface area contributed by atoms with E-state index in [4.69, 9.17) is 2.69 Å². The Morgan fingerprint density at radius 1 is 1.05 bits per heavy atom. The molecule has 112 valence electrons. The second kappa shape index (κ2) is 5.71. The van der Waals surface area contributed by atoms with E-state index in [1.165, 1.54) is 16.9 Å². The summed E-state index contributed by atoms with van der Waals surface area (Å²) in [5.41, 5.74) is 2.83. The molecule has 1 aliphatic carbocycles. The van der Waals surface area contributed by atoms with Crippen molar-refractivity contribution in [1.29, 1.82) is 0 Å². The van der Waals surface area contributed by atoms with E-state index >= 15 is 0 Å². The van der Waals surface area contributed by atoms with Gasteiger partial charge >= 0.3 is 139 Å². The molecule has 1 heterocycles. The van der Waals surface area contributed by atoms with Gasteiger partial charge in [-0.05, 0) is 0 Å². The maximum atomic E-state index is 6.62. The molecule has 2 bridgehead atoms. The molecule has 1 fully saturated rings. The van der Waals surface area contributed by atoms with Crippen LogP contribution in [0.3, 0.4) is 0 Å². The first-order valence-corrected chi connectivity index (χ1v) is 15.4. The molecule has 1 aliphatic heterocycles. The van der Waals surface area contributed by atoms with Gasteiger partial charge in [0.15, 0.2) is 0 Å². The van der Waals surface area contributed by atoms with Crippen LogP contribution in [0.15, 0.2) is 28.4 Å². The molecule has 3 rings (SSSR count). The zero-order chi connectivity index (χ0) is 15.3. The summed E-state index contributed by atoms with van der Waals surface area (Å²) in [6, 6.07) is 6.80. The molecule has 2 aliphatic rings. The molecule has 0 aromatic heterocycles. The van der Waals surface area contributed by atoms with Crippen LogP contribution in [0.25, 0.3) is 0 Å². The van der Waals surface area contributed by atoms with Crippen molar-refractivity contribution in [3.8, 4) is 5.75 Å². The average Bonchev–Trinajstić information content (AvgIpc) is 2.55. The molecule has 1 saturated carbocycles. The Hall–Kier alpha value is -0.318. The predicted molar refractivity (Wildman–Crippen MR) is 90.9 cm³/mol. The van der Waals surface area contributed by atoms with Crippen LogP contribution in [0, 0.1) is 30.6 Å². The molecule has 0 saturated heterocycles. The van der Waals surface area contributed by atoms with Gasteiger partial charge in [-0.3, -0.25) is 0 Å². The number of fused-ring (bicyclic) bond motifs is 4. The van der Waals surface area contributed by atoms with Crippen molar-refractivity contribution in [3.05, 3.63) is 39.5 Å². The third-order valence-electron chi connectivity index (χ3n) is 6.40. The molecule has 0 spiro atoms. The van der Waals surface area contributed by atoms with E-state index < -0.39 is 23.2 Å². The molecule has 0 amide bonds. The topological polar surface area (TPSA) is 9.23 Å². The quantitative estimate of drug-likeness (QED) is 0.513. The Balaban J connectivity index is 2.18. The fourth-order valence-corrected chi connectivity index (χ4v) is 16.1. The van der Waals surface area contributed by atoms with Crippen molar-refractivity contribution >= 4 is 23.2 Å². The van der Waals surface area contributed by atoms with Gasteiger partial charge in [-0.25, -0.2) is 0 Å². The summed E-state index contributed by atoms with van der Waals surface area (Å²) in [4.78, 5) is 0. The standard InChI is InChI=1S/C17H25O.C2H3.Tl/c1-10-6-7-16(18)15(8-10)17-12(3)9-11(2)13(4)14(17)5;1-2;/h6-9,11-14,17-18H,1-5H3;1H,2H2;/q;;+1/p-1/t11?,12?,13?,14-,17?;;/m0../s1. The summed E-state index contributed by atoms with van der Waals surface area (Å²) >= 11 is -2.36. The minimum atomic E-state index is -2.36. The number of benzene rings is 1. The number of rotatable bonds is 1. The van der Waals surface area contributed by atoms with Gasteiger partial charge in [0.05, 0.1) is 0 Å². The first-order chi connectivity index (χ1) is 9.95. The predicted octanol–water partition coefficient (Wildman–Crippen LogP) is 5.12. The minimum absolute atomic E-state index is 0.654. The van der Waals surface area contributed by atoms with Crippen LogP contribution in [0.5, 0.6) is 5.75 Å². The SMILES string of the molecule is C=[CH][Tl]1[O]c2ccc(C)cc2C2C(C)[CH]1C(C)C(C)[C@@H]2C. The molecule has 1 aromatic carbocycles. The number of hydrogen-bond acceptors (Lipinski definition) is 1. The third-order valence-corrected chi connectivity index (χ3v) is 17.9. The van der Waals surface area contributed by atoms with Gasteiger partial charge < -0.3 is 0 Å². The Bertz CT molecular complexity index is 552. The summed E-state index contributed by atoms with van der Waals surface area (Å²) in [6.07, 6.45) is 0. The van der Waals surface area contributed by atoms with Crippen LogP contribution in [-0.4, -0.2) is 23.2 Å². The monoisotopic (exact) mass is 476 g/mol. The first-order valence-electron chi connectivity index (χ1n) is 8.35. The normalized spacial score (nSPS) is 38.2. The van der Waals surface area contributed by atoms with Gasteiger partial charge in [0.2, 0.25) is 0 Å². The molecule has 6 atom stereocenters. The molecule has 0 radical (unpaired) electrons. The van der Waals surface area contributed by atoms with Crippen molar-refractivity contribution in [3.63, 3.8) is 0 Å². The second-order valence-electron chi connectivity index (χ2n) is 7.40. The molecule has 21 heavy (non-hydrogen) atoms. The Kier molecular flexibility index (Phi) is 4.24. The number of hydrogen-bond donors (Lipinski definition) is 0. The number of aryl methyl sites for hydroxylation is 1. The van der Waals surface area contributed by atoms with Crippen LogP contribution in [0.4, 0.5) is 0 Å². The third kappa shape index (κ3) is 2.40. The van der Waals surface area contributed by atoms with E-state index in [1.807, 2.05) is 0 Å². The van der Waals surface area contributed by atoms with Gasteiger partial charge in [-0.15, -0.1) is 0 Å². The van der Waals surface area contributed by atoms with E-state index in [0.717, 1.165) is 27.1 Å². The zero-order valence-corrected chi connectivity index (χ0v) is 18.5. The molecule has 2 heteroatoms. The van der Waals surface area contributed by atoms with Crippen molar-refractivity contribution in [2.24, 2.45) is 23.7 Å². The second-order valence-corrected chi connectivity index (χ2v) is 16.8. The van der Waals surface area contributed by atoms with Crippen molar-refractivity contribution < 1.29 is 2.69 Å². The van der Waals surface area contributed by atoms with Crippen LogP contribution in [-0.2, 0) is 0 Å². The molecule has 0 N–H and O–H groups in total. The Labute approximate surface area is 138 Å². The molecule has 5 unspecified atom stereocenters. The molecule has 1 aromatic rings. The van der Waals surface area contributed by atoms with Crippen LogP contribution in [0.1, 0.15) is 44.7 Å². The van der Waals surface area contributed by atoms with Gasteiger partial charge in [-0.1, -0.05) is 0 Å². The van der Waals surface area contributed by atoms with Crippen LogP contribution >= 0.6 is 0 Å². The first kappa shape index (κ1) is 15.6. The fraction of sp³-hybridized carbons (Fsp3) is 0.579. The molecular formula is C19H27OTl. The summed E-state index contributed by atoms with van der Waals surface area (Å²) in [7, 11) is 0. The van der Waals surface area contributed by atoms with Crippen molar-refractivity contribution in [2.75, 3.05) is 0 Å². The molecular weight excluding hydrogens is 449 g/mol. The molecule has 1 nitrogen and oxygen atoms in total. The van der Waals surface area contributed by atoms with E-state index in [1.54, 1.807) is 0 Å². The van der Waals surface area contributed by atoms with E-state index in [9.17, 15) is 0 Å². The summed E-state index contributed by atoms with van der Waals surface area (Å²) < 4.78 is 9.64. The summed E-state index contributed by atoms with van der Waals surface area (Å²) in [5, 5.41) is 0. The van der Waals surface area contributed by atoms with Crippen molar-refractivity contribution in [2.45, 2.75) is 44.0 Å². The van der Waals surface area contributed by atoms with Crippen LogP contribution < -0.4 is 2.69 Å². The van der Waals surface area contributed by atoms with E-state index in [-0.39, 0.29) is 0 Å². The van der Waals surface area contributed by atoms with Gasteiger partial charge in [0.1, 0.15) is 0 Å².